The van der Waals surface area contributed by atoms with Gasteiger partial charge in [0.2, 0.25) is 0 Å². The molecule has 0 bridgehead atoms. The molecule has 2 atom stereocenters. The topological polar surface area (TPSA) is 62.2 Å². The van der Waals surface area contributed by atoms with Gasteiger partial charge in [0, 0.05) is 12.2 Å². The number of rotatable bonds is 3. The molecule has 2 rings (SSSR count). The highest BCUT2D eigenvalue weighted by atomic mass is 35.5. The first kappa shape index (κ1) is 14.1. The number of carboxylic acids is 1. The standard InChI is InChI=1S/C14H19ClN2O2/c1-9-5-3-2-4-6-11(9)17-13-12(15)10(14(18)19)7-8-16-13/h7-9,11H,2-6H2,1H3,(H,16,17)(H,18,19). The average Bonchev–Trinajstić information content (AvgIpc) is 2.57. The second-order valence-electron chi connectivity index (χ2n) is 5.19. The number of anilines is 1. The van der Waals surface area contributed by atoms with E-state index in [0.29, 0.717) is 17.8 Å². The lowest BCUT2D eigenvalue weighted by Crippen LogP contribution is -2.27. The molecular weight excluding hydrogens is 264 g/mol. The molecule has 0 amide bonds. The van der Waals surface area contributed by atoms with Gasteiger partial charge in [0.15, 0.2) is 0 Å². The van der Waals surface area contributed by atoms with E-state index >= 15 is 0 Å². The summed E-state index contributed by atoms with van der Waals surface area (Å²) < 4.78 is 0. The summed E-state index contributed by atoms with van der Waals surface area (Å²) in [7, 11) is 0. The predicted molar refractivity (Wildman–Crippen MR) is 75.9 cm³/mol. The van der Waals surface area contributed by atoms with Crippen molar-refractivity contribution in [2.75, 3.05) is 5.32 Å². The van der Waals surface area contributed by atoms with Gasteiger partial charge in [-0.15, -0.1) is 0 Å². The maximum absolute atomic E-state index is 11.0. The van der Waals surface area contributed by atoms with Crippen LogP contribution in [0.2, 0.25) is 5.02 Å². The van der Waals surface area contributed by atoms with E-state index in [1.165, 1.54) is 37.9 Å². The maximum atomic E-state index is 11.0. The largest absolute Gasteiger partial charge is 0.478 e. The van der Waals surface area contributed by atoms with Crippen molar-refractivity contribution in [3.8, 4) is 0 Å². The first-order valence-corrected chi connectivity index (χ1v) is 7.11. The van der Waals surface area contributed by atoms with Crippen molar-refractivity contribution in [1.29, 1.82) is 0 Å². The highest BCUT2D eigenvalue weighted by Gasteiger charge is 2.22. The van der Waals surface area contributed by atoms with Gasteiger partial charge in [-0.25, -0.2) is 9.78 Å². The van der Waals surface area contributed by atoms with Crippen LogP contribution in [0.15, 0.2) is 12.3 Å². The molecule has 0 aromatic carbocycles. The Morgan fingerprint density at radius 3 is 2.89 bits per heavy atom. The molecule has 0 saturated heterocycles. The Morgan fingerprint density at radius 1 is 1.42 bits per heavy atom. The van der Waals surface area contributed by atoms with E-state index in [-0.39, 0.29) is 10.6 Å². The zero-order valence-corrected chi connectivity index (χ0v) is 11.8. The third-order valence-corrected chi connectivity index (χ3v) is 4.19. The van der Waals surface area contributed by atoms with Crippen LogP contribution < -0.4 is 5.32 Å². The number of aromatic carboxylic acids is 1. The van der Waals surface area contributed by atoms with Crippen molar-refractivity contribution in [3.63, 3.8) is 0 Å². The highest BCUT2D eigenvalue weighted by molar-refractivity contribution is 6.35. The Bertz CT molecular complexity index is 465. The molecular formula is C14H19ClN2O2. The van der Waals surface area contributed by atoms with Crippen molar-refractivity contribution in [2.45, 2.75) is 45.1 Å². The van der Waals surface area contributed by atoms with E-state index in [0.717, 1.165) is 6.42 Å². The zero-order chi connectivity index (χ0) is 13.8. The summed E-state index contributed by atoms with van der Waals surface area (Å²) in [6.07, 6.45) is 7.47. The van der Waals surface area contributed by atoms with Crippen LogP contribution in [0.4, 0.5) is 5.82 Å². The molecule has 1 heterocycles. The van der Waals surface area contributed by atoms with E-state index in [2.05, 4.69) is 17.2 Å². The number of nitrogens with one attached hydrogen (secondary N) is 1. The van der Waals surface area contributed by atoms with Crippen molar-refractivity contribution >= 4 is 23.4 Å². The summed E-state index contributed by atoms with van der Waals surface area (Å²) in [5.74, 6) is 0.0125. The van der Waals surface area contributed by atoms with Crippen LogP contribution in [-0.2, 0) is 0 Å². The molecule has 4 nitrogen and oxygen atoms in total. The van der Waals surface area contributed by atoms with Gasteiger partial charge in [-0.1, -0.05) is 37.8 Å². The summed E-state index contributed by atoms with van der Waals surface area (Å²) in [4.78, 5) is 15.2. The Labute approximate surface area is 118 Å². The van der Waals surface area contributed by atoms with Gasteiger partial charge in [0.05, 0.1) is 10.6 Å². The molecule has 1 aromatic heterocycles. The predicted octanol–water partition coefficient (Wildman–Crippen LogP) is 3.81. The lowest BCUT2D eigenvalue weighted by molar-refractivity contribution is 0.0697. The van der Waals surface area contributed by atoms with E-state index in [1.54, 1.807) is 0 Å². The minimum atomic E-state index is -1.02. The molecule has 1 aromatic rings. The SMILES string of the molecule is CC1CCCCCC1Nc1nccc(C(=O)O)c1Cl. The van der Waals surface area contributed by atoms with Crippen LogP contribution in [0, 0.1) is 5.92 Å². The first-order valence-electron chi connectivity index (χ1n) is 6.74. The normalized spacial score (nSPS) is 23.7. The van der Waals surface area contributed by atoms with Gasteiger partial charge in [0.25, 0.3) is 0 Å². The molecule has 0 radical (unpaired) electrons. The first-order chi connectivity index (χ1) is 9.09. The minimum Gasteiger partial charge on any atom is -0.478 e. The van der Waals surface area contributed by atoms with Gasteiger partial charge in [-0.2, -0.15) is 0 Å². The Hall–Kier alpha value is -1.29. The van der Waals surface area contributed by atoms with Gasteiger partial charge in [-0.05, 0) is 24.8 Å². The van der Waals surface area contributed by atoms with Crippen LogP contribution in [0.1, 0.15) is 49.4 Å². The summed E-state index contributed by atoms with van der Waals surface area (Å²) >= 11 is 6.11. The fraction of sp³-hybridized carbons (Fsp3) is 0.571. The van der Waals surface area contributed by atoms with E-state index in [9.17, 15) is 4.79 Å². The molecule has 19 heavy (non-hydrogen) atoms. The lowest BCUT2D eigenvalue weighted by Gasteiger charge is -2.24. The third kappa shape index (κ3) is 3.38. The second-order valence-corrected chi connectivity index (χ2v) is 5.57. The number of hydrogen-bond acceptors (Lipinski definition) is 3. The number of carboxylic acid groups (broad SMARTS) is 1. The molecule has 5 heteroatoms. The van der Waals surface area contributed by atoms with Crippen LogP contribution in [0.25, 0.3) is 0 Å². The molecule has 1 aliphatic carbocycles. The molecule has 2 N–H and O–H groups in total. The molecule has 0 spiro atoms. The molecule has 1 saturated carbocycles. The fourth-order valence-electron chi connectivity index (χ4n) is 2.59. The summed E-state index contributed by atoms with van der Waals surface area (Å²) in [5.41, 5.74) is 0.0976. The van der Waals surface area contributed by atoms with Crippen molar-refractivity contribution in [2.24, 2.45) is 5.92 Å². The third-order valence-electron chi connectivity index (χ3n) is 3.80. The lowest BCUT2D eigenvalue weighted by atomic mass is 9.97. The summed E-state index contributed by atoms with van der Waals surface area (Å²) in [6.45, 7) is 2.22. The maximum Gasteiger partial charge on any atom is 0.337 e. The number of pyridine rings is 1. The Morgan fingerprint density at radius 2 is 2.16 bits per heavy atom. The number of hydrogen-bond donors (Lipinski definition) is 2. The van der Waals surface area contributed by atoms with Gasteiger partial charge in [0.1, 0.15) is 5.82 Å². The molecule has 1 aliphatic rings. The van der Waals surface area contributed by atoms with E-state index < -0.39 is 5.97 Å². The Kier molecular flexibility index (Phi) is 4.64. The van der Waals surface area contributed by atoms with Crippen LogP contribution in [0.3, 0.4) is 0 Å². The van der Waals surface area contributed by atoms with Crippen LogP contribution in [-0.4, -0.2) is 22.1 Å². The van der Waals surface area contributed by atoms with Gasteiger partial charge < -0.3 is 10.4 Å². The summed E-state index contributed by atoms with van der Waals surface area (Å²) in [5, 5.41) is 12.6. The van der Waals surface area contributed by atoms with Crippen molar-refractivity contribution in [1.82, 2.24) is 4.98 Å². The second kappa shape index (κ2) is 6.24. The van der Waals surface area contributed by atoms with Crippen molar-refractivity contribution in [3.05, 3.63) is 22.8 Å². The average molecular weight is 283 g/mol. The minimum absolute atomic E-state index is 0.0976. The van der Waals surface area contributed by atoms with E-state index in [4.69, 9.17) is 16.7 Å². The van der Waals surface area contributed by atoms with Gasteiger partial charge >= 0.3 is 5.97 Å². The highest BCUT2D eigenvalue weighted by Crippen LogP contribution is 2.29. The van der Waals surface area contributed by atoms with E-state index in [1.807, 2.05) is 0 Å². The quantitative estimate of drug-likeness (QED) is 0.828. The number of nitrogens with zero attached hydrogens (tertiary/aromatic N) is 1. The zero-order valence-electron chi connectivity index (χ0n) is 11.0. The number of carbonyl (C=O) groups is 1. The van der Waals surface area contributed by atoms with Gasteiger partial charge in [-0.3, -0.25) is 0 Å². The summed E-state index contributed by atoms with van der Waals surface area (Å²) in [6, 6.07) is 1.74. The fourth-order valence-corrected chi connectivity index (χ4v) is 2.84. The number of halogens is 1. The molecule has 0 aliphatic heterocycles. The van der Waals surface area contributed by atoms with Crippen LogP contribution in [0.5, 0.6) is 0 Å². The smallest absolute Gasteiger partial charge is 0.337 e. The van der Waals surface area contributed by atoms with Crippen molar-refractivity contribution < 1.29 is 9.90 Å². The molecule has 104 valence electrons. The Balaban J connectivity index is 2.18. The molecule has 1 fully saturated rings. The monoisotopic (exact) mass is 282 g/mol. The van der Waals surface area contributed by atoms with Crippen LogP contribution >= 0.6 is 11.6 Å². The number of aromatic nitrogens is 1. The molecule has 2 unspecified atom stereocenters.